The van der Waals surface area contributed by atoms with Gasteiger partial charge in [-0.1, -0.05) is 41.6 Å². The SMILES string of the molecule is CCc1cccc(C)c1NC(=O)C(C)Sc1nc(N)c(C#N)c(-c2c(=O)o[nH][n+]2C)c1C#N. The quantitative estimate of drug-likeness (QED) is 0.369. The number of aryl methyl sites for hydroxylation is 3. The molecule has 1 aromatic carbocycles. The highest BCUT2D eigenvalue weighted by atomic mass is 32.2. The Morgan fingerprint density at radius 1 is 1.36 bits per heavy atom. The zero-order valence-electron chi connectivity index (χ0n) is 18.5. The van der Waals surface area contributed by atoms with E-state index in [1.165, 1.54) is 11.7 Å². The fraction of sp³-hybridized carbons (Fsp3) is 0.273. The van der Waals surface area contributed by atoms with Crippen molar-refractivity contribution in [2.24, 2.45) is 7.05 Å². The van der Waals surface area contributed by atoms with Gasteiger partial charge in [-0.05, 0) is 36.7 Å². The van der Waals surface area contributed by atoms with E-state index < -0.39 is 10.9 Å². The minimum absolute atomic E-state index is 0.00674. The molecule has 1 atom stereocenters. The van der Waals surface area contributed by atoms with Crippen molar-refractivity contribution in [3.8, 4) is 23.4 Å². The first-order valence-electron chi connectivity index (χ1n) is 10.0. The summed E-state index contributed by atoms with van der Waals surface area (Å²) in [6.45, 7) is 5.59. The number of nitrogen functional groups attached to an aromatic ring is 1. The van der Waals surface area contributed by atoms with E-state index in [0.717, 1.165) is 35.0 Å². The second kappa shape index (κ2) is 9.59. The zero-order valence-corrected chi connectivity index (χ0v) is 19.3. The van der Waals surface area contributed by atoms with Crippen LogP contribution in [0.3, 0.4) is 0 Å². The molecule has 0 spiro atoms. The molecule has 10 nitrogen and oxygen atoms in total. The van der Waals surface area contributed by atoms with Gasteiger partial charge in [-0.2, -0.15) is 10.5 Å². The van der Waals surface area contributed by atoms with Crippen LogP contribution in [0.25, 0.3) is 11.3 Å². The summed E-state index contributed by atoms with van der Waals surface area (Å²) in [4.78, 5) is 29.4. The molecular formula is C22H22N7O3S+. The average molecular weight is 465 g/mol. The Morgan fingerprint density at radius 2 is 2.06 bits per heavy atom. The number of H-pyrrole nitrogens is 1. The highest BCUT2D eigenvalue weighted by Gasteiger charge is 2.32. The van der Waals surface area contributed by atoms with Crippen molar-refractivity contribution in [1.82, 2.24) is 10.3 Å². The fourth-order valence-electron chi connectivity index (χ4n) is 3.38. The van der Waals surface area contributed by atoms with Crippen LogP contribution in [0.5, 0.6) is 0 Å². The second-order valence-corrected chi connectivity index (χ2v) is 8.58. The van der Waals surface area contributed by atoms with Crippen molar-refractivity contribution >= 4 is 29.2 Å². The number of nitrogens with one attached hydrogen (secondary N) is 2. The number of nitriles is 2. The Labute approximate surface area is 194 Å². The fourth-order valence-corrected chi connectivity index (χ4v) is 4.30. The van der Waals surface area contributed by atoms with Crippen LogP contribution in [-0.2, 0) is 18.3 Å². The molecule has 0 saturated carbocycles. The molecule has 2 aromatic heterocycles. The number of aromatic amines is 1. The number of aromatic nitrogens is 3. The Bertz CT molecular complexity index is 1380. The number of hydrogen-bond donors (Lipinski definition) is 3. The lowest BCUT2D eigenvalue weighted by atomic mass is 10.0. The minimum Gasteiger partial charge on any atom is -0.383 e. The molecule has 33 heavy (non-hydrogen) atoms. The molecular weight excluding hydrogens is 442 g/mol. The molecule has 0 bridgehead atoms. The number of anilines is 2. The van der Waals surface area contributed by atoms with E-state index in [1.807, 2.05) is 44.2 Å². The summed E-state index contributed by atoms with van der Waals surface area (Å²) in [5.41, 5.74) is 7.70. The molecule has 1 unspecified atom stereocenters. The van der Waals surface area contributed by atoms with Gasteiger partial charge in [0.15, 0.2) is 7.05 Å². The van der Waals surface area contributed by atoms with Crippen molar-refractivity contribution in [2.45, 2.75) is 37.5 Å². The molecule has 11 heteroatoms. The normalized spacial score (nSPS) is 11.5. The molecule has 0 aliphatic rings. The van der Waals surface area contributed by atoms with E-state index in [0.29, 0.717) is 0 Å². The smallest absolute Gasteiger partial charge is 0.383 e. The van der Waals surface area contributed by atoms with Gasteiger partial charge in [-0.15, -0.1) is 0 Å². The number of pyridine rings is 1. The van der Waals surface area contributed by atoms with Crippen LogP contribution in [0.2, 0.25) is 0 Å². The summed E-state index contributed by atoms with van der Waals surface area (Å²) < 4.78 is 6.02. The van der Waals surface area contributed by atoms with Crippen LogP contribution in [-0.4, -0.2) is 21.4 Å². The molecule has 168 valence electrons. The third kappa shape index (κ3) is 4.45. The molecule has 0 aliphatic heterocycles. The number of rotatable bonds is 6. The third-order valence-electron chi connectivity index (χ3n) is 5.10. The van der Waals surface area contributed by atoms with E-state index in [1.54, 1.807) is 6.92 Å². The lowest BCUT2D eigenvalue weighted by molar-refractivity contribution is -0.730. The largest absolute Gasteiger partial charge is 0.435 e. The summed E-state index contributed by atoms with van der Waals surface area (Å²) in [6, 6.07) is 9.70. The summed E-state index contributed by atoms with van der Waals surface area (Å²) in [6.07, 6.45) is 0.755. The van der Waals surface area contributed by atoms with E-state index >= 15 is 0 Å². The van der Waals surface area contributed by atoms with Crippen molar-refractivity contribution in [2.75, 3.05) is 11.1 Å². The van der Waals surface area contributed by atoms with Crippen molar-refractivity contribution in [3.05, 3.63) is 50.9 Å². The first kappa shape index (κ1) is 23.6. The van der Waals surface area contributed by atoms with Crippen LogP contribution < -0.4 is 21.4 Å². The molecule has 0 radical (unpaired) electrons. The maximum atomic E-state index is 13.0. The van der Waals surface area contributed by atoms with Gasteiger partial charge in [0, 0.05) is 5.69 Å². The van der Waals surface area contributed by atoms with Crippen LogP contribution in [0.4, 0.5) is 11.5 Å². The first-order chi connectivity index (χ1) is 15.7. The average Bonchev–Trinajstić information content (AvgIpc) is 3.12. The predicted molar refractivity (Wildman–Crippen MR) is 122 cm³/mol. The molecule has 3 rings (SSSR count). The number of nitrogens with zero attached hydrogens (tertiary/aromatic N) is 4. The maximum Gasteiger partial charge on any atom is 0.435 e. The molecule has 2 heterocycles. The Kier molecular flexibility index (Phi) is 6.85. The molecule has 4 N–H and O–H groups in total. The molecule has 0 saturated heterocycles. The number of carbonyl (C=O) groups is 1. The topological polar surface area (TPSA) is 165 Å². The monoisotopic (exact) mass is 464 g/mol. The van der Waals surface area contributed by atoms with E-state index in [4.69, 9.17) is 10.3 Å². The lowest BCUT2D eigenvalue weighted by Crippen LogP contribution is -2.34. The minimum atomic E-state index is -0.774. The molecule has 3 aromatic rings. The summed E-state index contributed by atoms with van der Waals surface area (Å²) in [7, 11) is 1.50. The van der Waals surface area contributed by atoms with Gasteiger partial charge in [0.2, 0.25) is 5.91 Å². The van der Waals surface area contributed by atoms with E-state index in [9.17, 15) is 20.1 Å². The van der Waals surface area contributed by atoms with Crippen molar-refractivity contribution in [3.63, 3.8) is 0 Å². The Balaban J connectivity index is 2.03. The molecule has 0 aliphatic carbocycles. The van der Waals surface area contributed by atoms with Gasteiger partial charge >= 0.3 is 11.3 Å². The van der Waals surface area contributed by atoms with Gasteiger partial charge in [0.05, 0.1) is 10.8 Å². The number of carbonyl (C=O) groups excluding carboxylic acids is 1. The molecule has 1 amide bonds. The Hall–Kier alpha value is -4.09. The number of benzene rings is 1. The van der Waals surface area contributed by atoms with Gasteiger partial charge in [0.25, 0.3) is 0 Å². The second-order valence-electron chi connectivity index (χ2n) is 7.25. The van der Waals surface area contributed by atoms with Crippen LogP contribution >= 0.6 is 11.8 Å². The maximum absolute atomic E-state index is 13.0. The van der Waals surface area contributed by atoms with Gasteiger partial charge in [0.1, 0.15) is 34.1 Å². The van der Waals surface area contributed by atoms with Gasteiger partial charge < -0.3 is 11.1 Å². The van der Waals surface area contributed by atoms with Gasteiger partial charge in [-0.3, -0.25) is 9.32 Å². The highest BCUT2D eigenvalue weighted by molar-refractivity contribution is 8.00. The number of nitrogens with two attached hydrogens (primary N) is 1. The van der Waals surface area contributed by atoms with E-state index in [-0.39, 0.29) is 39.1 Å². The van der Waals surface area contributed by atoms with Crippen molar-refractivity contribution in [1.29, 1.82) is 10.5 Å². The van der Waals surface area contributed by atoms with Gasteiger partial charge in [-0.25, -0.2) is 9.78 Å². The summed E-state index contributed by atoms with van der Waals surface area (Å²) >= 11 is 1.01. The highest BCUT2D eigenvalue weighted by Crippen LogP contribution is 2.35. The van der Waals surface area contributed by atoms with E-state index in [2.05, 4.69) is 15.6 Å². The predicted octanol–water partition coefficient (Wildman–Crippen LogP) is 2.17. The first-order valence-corrected chi connectivity index (χ1v) is 10.9. The van der Waals surface area contributed by atoms with Crippen LogP contribution in [0, 0.1) is 29.6 Å². The number of para-hydroxylation sites is 1. The third-order valence-corrected chi connectivity index (χ3v) is 6.19. The standard InChI is InChI=1S/C22H21N7O3S/c1-5-13-8-6-7-11(2)17(13)26-20(30)12(3)33-21-15(10-24)16(14(9-23)19(25)27-21)18-22(31)32-28-29(18)4/h6-8,12H,5H2,1-4H3,(H3-,25,26,27,28,30,31)/p+1. The zero-order chi connectivity index (χ0) is 24.3. The number of amides is 1. The van der Waals surface area contributed by atoms with Crippen LogP contribution in [0.1, 0.15) is 36.1 Å². The lowest BCUT2D eigenvalue weighted by Gasteiger charge is -2.17. The summed E-state index contributed by atoms with van der Waals surface area (Å²) in [5.74, 6) is -0.444. The van der Waals surface area contributed by atoms with Crippen molar-refractivity contribution < 1.29 is 14.0 Å². The summed E-state index contributed by atoms with van der Waals surface area (Å²) in [5, 5.41) is 24.3. The van der Waals surface area contributed by atoms with Crippen LogP contribution in [0.15, 0.2) is 32.5 Å². The Morgan fingerprint density at radius 3 is 2.64 bits per heavy atom. The molecule has 0 fully saturated rings. The number of hydrogen-bond acceptors (Lipinski definition) is 8. The number of thioether (sulfide) groups is 1.